The number of aromatic nitrogens is 8. The maximum Gasteiger partial charge on any atom is 1.00 e. The summed E-state index contributed by atoms with van der Waals surface area (Å²) in [5, 5.41) is 7.85. The Labute approximate surface area is 629 Å². The van der Waals surface area contributed by atoms with E-state index in [9.17, 15) is 28.8 Å². The number of ether oxygens (including phenoxy) is 8. The number of hydrogen-bond acceptors (Lipinski definition) is 23. The zero-order chi connectivity index (χ0) is 71.0. The summed E-state index contributed by atoms with van der Waals surface area (Å²) in [7, 11) is 0. The molecule has 2 saturated heterocycles. The quantitative estimate of drug-likeness (QED) is 0.0145. The van der Waals surface area contributed by atoms with E-state index in [1.54, 1.807) is 166 Å². The first-order valence-corrected chi connectivity index (χ1v) is 34.8. The van der Waals surface area contributed by atoms with Gasteiger partial charge in [-0.2, -0.15) is 0 Å². The van der Waals surface area contributed by atoms with Crippen molar-refractivity contribution in [1.82, 2.24) is 39.2 Å². The summed E-state index contributed by atoms with van der Waals surface area (Å²) in [5.74, 6) is -3.59. The summed E-state index contributed by atoms with van der Waals surface area (Å²) >= 11 is 8.90. The van der Waals surface area contributed by atoms with Crippen LogP contribution in [0.1, 0.15) is 142 Å². The molecule has 2 fully saturated rings. The topological polar surface area (TPSA) is 317 Å². The number of aryl methyl sites for hydroxylation is 6. The zero-order valence-corrected chi connectivity index (χ0v) is 62.4. The summed E-state index contributed by atoms with van der Waals surface area (Å²) in [6.45, 7) is 13.9. The van der Waals surface area contributed by atoms with Crippen LogP contribution < -0.4 is 41.0 Å². The average molecular weight is 1530 g/mol. The number of nitrogen functional groups attached to an aromatic ring is 2. The van der Waals surface area contributed by atoms with Gasteiger partial charge in [-0.05, 0) is 139 Å². The molecule has 28 heteroatoms. The van der Waals surface area contributed by atoms with Gasteiger partial charge in [0.1, 0.15) is 41.5 Å². The van der Waals surface area contributed by atoms with Gasteiger partial charge in [0.05, 0.1) is 45.8 Å². The fraction of sp³-hybridized carbons (Fsp3) is 0.288. The molecule has 5 N–H and O–H groups in total. The molecule has 8 atom stereocenters. The van der Waals surface area contributed by atoms with Crippen LogP contribution in [0, 0.1) is 46.2 Å². The molecule has 0 saturated carbocycles. The number of fused-ring (bicyclic) bond motifs is 2. The first kappa shape index (κ1) is 77.8. The van der Waals surface area contributed by atoms with E-state index in [4.69, 9.17) is 61.6 Å². The maximum absolute atomic E-state index is 13.8. The second kappa shape index (κ2) is 33.7. The van der Waals surface area contributed by atoms with Gasteiger partial charge in [-0.15, -0.1) is 16.9 Å². The summed E-state index contributed by atoms with van der Waals surface area (Å²) < 4.78 is 52.4. The smallest absolute Gasteiger partial charge is 1.00 e. The van der Waals surface area contributed by atoms with E-state index in [-0.39, 0.29) is 102 Å². The number of nitrogens with two attached hydrogens (primary N) is 2. The number of carbonyl (C=O) groups is 6. The molecule has 0 bridgehead atoms. The molecule has 0 radical (unpaired) electrons. The average Bonchev–Trinajstić information content (AvgIpc) is 1.58. The Bertz CT molecular complexity index is 4690. The number of carbonyl (C=O) groups excluding carboxylic acids is 6. The molecule has 6 aromatic carbocycles. The maximum atomic E-state index is 13.8. The number of halogens is 1. The predicted molar refractivity (Wildman–Crippen MR) is 386 cm³/mol. The molecule has 0 aliphatic carbocycles. The van der Waals surface area contributed by atoms with Crippen LogP contribution in [0.2, 0.25) is 0 Å². The Morgan fingerprint density at radius 2 is 0.861 bits per heavy atom. The van der Waals surface area contributed by atoms with E-state index in [2.05, 4.69) is 52.7 Å². The van der Waals surface area contributed by atoms with Crippen LogP contribution in [0.25, 0.3) is 11.0 Å². The van der Waals surface area contributed by atoms with Crippen LogP contribution in [0.3, 0.4) is 0 Å². The number of imidazole rings is 2. The Morgan fingerprint density at radius 1 is 0.535 bits per heavy atom. The van der Waals surface area contributed by atoms with E-state index in [0.29, 0.717) is 27.2 Å². The van der Waals surface area contributed by atoms with Crippen LogP contribution in [0.15, 0.2) is 163 Å². The standard InChI is InChI=1S/C36H35N5O7S.C35H33N5O7S.CH3I.CH4.Na.H/c1-20-6-12-23(13-7-20)32(42)45-19-27-28(47-33(43)24-14-8-21(2)9-15-24)36(4,48-34(44)25-16-10-22(3)11-17-25)29(46-27)30-38-18-26-31(49-5)39-35(37)40-41(26)30;1-19-5-11-22(12-6-19)31(41)44-18-26-27(46-32(42)23-13-7-20(2)8-14-23)35(4,47-33(43)24-15-9-21(3)10-16-24)28(45-26)29-37-17-25-30(48)38-34(36)39-40(25)29;1-2;;;/h6-18,27-29H,19H2,1-5H3,(H2,37,40);5-17,26-28H,18H2,1-4H3,(H3,36,38,39,48);1H3;1H4;;/q;;;;+1;-1/t27-,28-,29+,36-;26-,27-,28+,35-;;;;/m11..../s1. The molecule has 10 aromatic rings. The van der Waals surface area contributed by atoms with Gasteiger partial charge in [-0.1, -0.05) is 148 Å². The van der Waals surface area contributed by atoms with Crippen LogP contribution in [-0.4, -0.2) is 135 Å². The van der Waals surface area contributed by atoms with Gasteiger partial charge in [0.2, 0.25) is 11.9 Å². The molecule has 24 nitrogen and oxygen atoms in total. The second-order valence-electron chi connectivity index (χ2n) is 23.9. The zero-order valence-electron chi connectivity index (χ0n) is 57.6. The molecule has 2 aliphatic heterocycles. The monoisotopic (exact) mass is 1530 g/mol. The largest absolute Gasteiger partial charge is 1.00 e. The van der Waals surface area contributed by atoms with Crippen molar-refractivity contribution in [2.45, 2.75) is 116 Å². The van der Waals surface area contributed by atoms with E-state index in [1.807, 2.05) is 52.7 Å². The summed E-state index contributed by atoms with van der Waals surface area (Å²) in [6.07, 6.45) is -2.25. The first-order valence-electron chi connectivity index (χ1n) is 31.0. The van der Waals surface area contributed by atoms with E-state index in [0.717, 1.165) is 33.4 Å². The number of alkyl halides is 1. The second-order valence-corrected chi connectivity index (χ2v) is 25.1. The van der Waals surface area contributed by atoms with Crippen molar-refractivity contribution in [3.8, 4) is 0 Å². The van der Waals surface area contributed by atoms with Crippen LogP contribution in [-0.2, 0) is 37.9 Å². The first-order chi connectivity index (χ1) is 47.4. The van der Waals surface area contributed by atoms with Crippen molar-refractivity contribution >= 4 is 105 Å². The number of rotatable bonds is 17. The van der Waals surface area contributed by atoms with E-state index in [1.165, 1.54) is 27.0 Å². The minimum atomic E-state index is -1.72. The molecule has 2 aliphatic rings. The number of H-pyrrole nitrogens is 1. The SMILES string of the molecule is C.CI.CSc1nc(N)nn2c([C@@H]3O[C@H](COC(=O)c4ccc(C)cc4)[C@@H](OC(=O)c4ccc(C)cc4)[C@@]3(C)OC(=O)c3ccc(C)cc3)ncc12.Cc1ccc(C(=O)OC[C@H]2O[C@@H](c3ncc4c(=S)nc(N)[nH]n34)[C@](C)(OC(=O)c3ccc(C)cc3)[C@@H]2OC(=O)c2ccc(C)cc2)cc1.[H-].[Na+]. The molecule has 12 rings (SSSR count). The number of esters is 6. The van der Waals surface area contributed by atoms with Gasteiger partial charge in [-0.3, -0.25) is 5.10 Å². The molecule has 101 heavy (non-hydrogen) atoms. The van der Waals surface area contributed by atoms with Crippen molar-refractivity contribution in [3.63, 3.8) is 0 Å². The molecular formula is C73H76IN10NaO14S2. The number of thioether (sulfide) groups is 1. The van der Waals surface area contributed by atoms with Gasteiger partial charge in [-0.25, -0.2) is 57.7 Å². The number of benzene rings is 6. The Hall–Kier alpha value is -8.94. The molecule has 522 valence electrons. The molecule has 4 aromatic heterocycles. The van der Waals surface area contributed by atoms with Crippen molar-refractivity contribution in [1.29, 1.82) is 0 Å². The summed E-state index contributed by atoms with van der Waals surface area (Å²) in [6, 6.07) is 41.1. The fourth-order valence-corrected chi connectivity index (χ4v) is 11.9. The van der Waals surface area contributed by atoms with Gasteiger partial charge >= 0.3 is 65.4 Å². The minimum Gasteiger partial charge on any atom is -1.00 e. The van der Waals surface area contributed by atoms with Crippen molar-refractivity contribution in [2.24, 2.45) is 0 Å². The molecule has 0 amide bonds. The third kappa shape index (κ3) is 17.5. The van der Waals surface area contributed by atoms with Crippen LogP contribution >= 0.6 is 46.6 Å². The molecule has 0 unspecified atom stereocenters. The van der Waals surface area contributed by atoms with E-state index >= 15 is 0 Å². The van der Waals surface area contributed by atoms with Gasteiger partial charge in [0, 0.05) is 0 Å². The van der Waals surface area contributed by atoms with E-state index < -0.39 is 83.6 Å². The van der Waals surface area contributed by atoms with Gasteiger partial charge < -0.3 is 50.8 Å². The number of nitrogens with zero attached hydrogens (tertiary/aromatic N) is 7. The molecular weight excluding hydrogens is 1450 g/mol. The number of aromatic amines is 1. The third-order valence-corrected chi connectivity index (χ3v) is 17.6. The minimum absolute atomic E-state index is 0. The number of nitrogens with one attached hydrogen (secondary N) is 1. The number of anilines is 2. The Morgan fingerprint density at radius 3 is 1.23 bits per heavy atom. The summed E-state index contributed by atoms with van der Waals surface area (Å²) in [4.78, 5) is 101. The third-order valence-electron chi connectivity index (χ3n) is 16.6. The Kier molecular flexibility index (Phi) is 25.9. The van der Waals surface area contributed by atoms with Crippen LogP contribution in [0.4, 0.5) is 11.9 Å². The van der Waals surface area contributed by atoms with Gasteiger partial charge in [0.15, 0.2) is 51.9 Å². The van der Waals surface area contributed by atoms with Crippen molar-refractivity contribution in [3.05, 3.63) is 241 Å². The predicted octanol–water partition coefficient (Wildman–Crippen LogP) is 9.73. The van der Waals surface area contributed by atoms with Gasteiger partial charge in [0.25, 0.3) is 0 Å². The Balaban J connectivity index is 0.000000271. The fourth-order valence-electron chi connectivity index (χ4n) is 11.2. The number of hydrogen-bond donors (Lipinski definition) is 3. The van der Waals surface area contributed by atoms with Crippen molar-refractivity contribution < 1.29 is 97.6 Å². The van der Waals surface area contributed by atoms with Crippen LogP contribution in [0.5, 0.6) is 0 Å². The molecule has 0 spiro atoms. The van der Waals surface area contributed by atoms with Crippen molar-refractivity contribution in [2.75, 3.05) is 35.9 Å². The summed E-state index contributed by atoms with van der Waals surface area (Å²) in [5.41, 5.74) is 17.1. The normalized spacial score (nSPS) is 19.6. The molecule has 6 heterocycles.